The first kappa shape index (κ1) is 9.75. The van der Waals surface area contributed by atoms with Gasteiger partial charge in [0.25, 0.3) is 0 Å². The van der Waals surface area contributed by atoms with E-state index in [1.165, 1.54) is 18.5 Å². The molecule has 0 aromatic rings. The fraction of sp³-hybridized carbons (Fsp3) is 0.800. The van der Waals surface area contributed by atoms with E-state index in [1.54, 1.807) is 0 Å². The molecule has 2 heteroatoms. The first-order valence-corrected chi connectivity index (χ1v) is 4.66. The van der Waals surface area contributed by atoms with Gasteiger partial charge in [-0.05, 0) is 32.9 Å². The first-order valence-electron chi connectivity index (χ1n) is 4.66. The molecule has 1 aliphatic heterocycles. The highest BCUT2D eigenvalue weighted by Crippen LogP contribution is 2.09. The normalized spacial score (nSPS) is 19.8. The minimum Gasteiger partial charge on any atom is -0.374 e. The maximum absolute atomic E-state index is 5.53. The van der Waals surface area contributed by atoms with Crippen LogP contribution in [0.5, 0.6) is 0 Å². The van der Waals surface area contributed by atoms with E-state index >= 15 is 0 Å². The highest BCUT2D eigenvalue weighted by Gasteiger charge is 2.07. The Morgan fingerprint density at radius 2 is 2.33 bits per heavy atom. The molecule has 2 nitrogen and oxygen atoms in total. The van der Waals surface area contributed by atoms with Crippen LogP contribution < -0.4 is 0 Å². The topological polar surface area (TPSA) is 12.5 Å². The van der Waals surface area contributed by atoms with Gasteiger partial charge in [-0.3, -0.25) is 0 Å². The third kappa shape index (κ3) is 3.37. The number of likely N-dealkylation sites (N-methyl/N-ethyl adjacent to an activating group) is 1. The van der Waals surface area contributed by atoms with Gasteiger partial charge in [-0.2, -0.15) is 0 Å². The molecule has 0 N–H and O–H groups in total. The molecule has 0 spiro atoms. The molecule has 12 heavy (non-hydrogen) atoms. The van der Waals surface area contributed by atoms with Crippen molar-refractivity contribution < 1.29 is 4.74 Å². The van der Waals surface area contributed by atoms with Crippen LogP contribution in [0.4, 0.5) is 0 Å². The lowest BCUT2D eigenvalue weighted by Gasteiger charge is -2.22. The maximum atomic E-state index is 5.53. The first-order chi connectivity index (χ1) is 5.68. The van der Waals surface area contributed by atoms with E-state index in [9.17, 15) is 0 Å². The van der Waals surface area contributed by atoms with Gasteiger partial charge in [-0.15, -0.1) is 0 Å². The van der Waals surface area contributed by atoms with Gasteiger partial charge in [0, 0.05) is 13.1 Å². The minimum atomic E-state index is 0.352. The number of hydrogen-bond donors (Lipinski definition) is 0. The minimum absolute atomic E-state index is 0.352. The summed E-state index contributed by atoms with van der Waals surface area (Å²) < 4.78 is 5.53. The molecule has 0 aromatic heterocycles. The van der Waals surface area contributed by atoms with Crippen molar-refractivity contribution in [3.63, 3.8) is 0 Å². The molecule has 0 aliphatic carbocycles. The summed E-state index contributed by atoms with van der Waals surface area (Å²) in [5, 5.41) is 0. The summed E-state index contributed by atoms with van der Waals surface area (Å²) in [7, 11) is 2.15. The largest absolute Gasteiger partial charge is 0.374 e. The quantitative estimate of drug-likeness (QED) is 0.596. The van der Waals surface area contributed by atoms with Gasteiger partial charge in [-0.25, -0.2) is 0 Å². The van der Waals surface area contributed by atoms with Crippen molar-refractivity contribution in [2.45, 2.75) is 26.4 Å². The van der Waals surface area contributed by atoms with Crippen LogP contribution in [0, 0.1) is 0 Å². The molecular weight excluding hydrogens is 150 g/mol. The van der Waals surface area contributed by atoms with Crippen LogP contribution in [-0.2, 0) is 4.74 Å². The molecule has 70 valence electrons. The molecule has 1 heterocycles. The van der Waals surface area contributed by atoms with E-state index in [0.717, 1.165) is 13.2 Å². The van der Waals surface area contributed by atoms with Crippen LogP contribution in [0.3, 0.4) is 0 Å². The van der Waals surface area contributed by atoms with Gasteiger partial charge in [-0.1, -0.05) is 6.08 Å². The Kier molecular flexibility index (Phi) is 3.76. The highest BCUT2D eigenvalue weighted by molar-refractivity contribution is 5.07. The zero-order valence-corrected chi connectivity index (χ0v) is 8.34. The summed E-state index contributed by atoms with van der Waals surface area (Å²) in [4.78, 5) is 2.32. The van der Waals surface area contributed by atoms with Crippen molar-refractivity contribution in [1.29, 1.82) is 0 Å². The van der Waals surface area contributed by atoms with Crippen LogP contribution in [0.1, 0.15) is 20.3 Å². The molecule has 0 fully saturated rings. The smallest absolute Gasteiger partial charge is 0.0681 e. The van der Waals surface area contributed by atoms with Crippen LogP contribution >= 0.6 is 0 Å². The van der Waals surface area contributed by atoms with Crippen LogP contribution in [0.25, 0.3) is 0 Å². The fourth-order valence-electron chi connectivity index (χ4n) is 1.22. The molecule has 0 atom stereocenters. The standard InChI is InChI=1S/C10H19NO/c1-9(2)12-8-10-4-6-11(3)7-5-10/h4,9H,5-8H2,1-3H3. The molecular formula is C10H19NO. The zero-order chi connectivity index (χ0) is 8.97. The average molecular weight is 169 g/mol. The molecule has 0 saturated carbocycles. The van der Waals surface area contributed by atoms with Gasteiger partial charge in [0.1, 0.15) is 0 Å². The fourth-order valence-corrected chi connectivity index (χ4v) is 1.22. The van der Waals surface area contributed by atoms with Gasteiger partial charge < -0.3 is 9.64 Å². The highest BCUT2D eigenvalue weighted by atomic mass is 16.5. The molecule has 0 amide bonds. The number of ether oxygens (including phenoxy) is 1. The Morgan fingerprint density at radius 3 is 2.83 bits per heavy atom. The third-order valence-electron chi connectivity index (χ3n) is 2.11. The predicted molar refractivity (Wildman–Crippen MR) is 51.3 cm³/mol. The second-order valence-electron chi connectivity index (χ2n) is 3.73. The SMILES string of the molecule is CC(C)OCC1=CCN(C)CC1. The second kappa shape index (κ2) is 4.63. The van der Waals surface area contributed by atoms with Crippen molar-refractivity contribution in [1.82, 2.24) is 4.90 Å². The lowest BCUT2D eigenvalue weighted by Crippen LogP contribution is -2.25. The molecule has 1 rings (SSSR count). The lowest BCUT2D eigenvalue weighted by atomic mass is 10.1. The molecule has 0 aromatic carbocycles. The Hall–Kier alpha value is -0.340. The maximum Gasteiger partial charge on any atom is 0.0681 e. The third-order valence-corrected chi connectivity index (χ3v) is 2.11. The summed E-state index contributed by atoms with van der Waals surface area (Å²) in [6, 6.07) is 0. The van der Waals surface area contributed by atoms with E-state index < -0.39 is 0 Å². The number of rotatable bonds is 3. The molecule has 0 radical (unpaired) electrons. The molecule has 0 saturated heterocycles. The summed E-state index contributed by atoms with van der Waals surface area (Å²) in [6.07, 6.45) is 3.81. The zero-order valence-electron chi connectivity index (χ0n) is 8.34. The summed E-state index contributed by atoms with van der Waals surface area (Å²) >= 11 is 0. The summed E-state index contributed by atoms with van der Waals surface area (Å²) in [5.74, 6) is 0. The number of nitrogens with zero attached hydrogens (tertiary/aromatic N) is 1. The Morgan fingerprint density at radius 1 is 1.58 bits per heavy atom. The van der Waals surface area contributed by atoms with E-state index in [4.69, 9.17) is 4.74 Å². The Labute approximate surface area is 75.2 Å². The van der Waals surface area contributed by atoms with Gasteiger partial charge in [0.2, 0.25) is 0 Å². The van der Waals surface area contributed by atoms with Crippen molar-refractivity contribution in [3.8, 4) is 0 Å². The van der Waals surface area contributed by atoms with Crippen molar-refractivity contribution in [3.05, 3.63) is 11.6 Å². The predicted octanol–water partition coefficient (Wildman–Crippen LogP) is 1.67. The van der Waals surface area contributed by atoms with Gasteiger partial charge >= 0.3 is 0 Å². The van der Waals surface area contributed by atoms with Crippen molar-refractivity contribution in [2.24, 2.45) is 0 Å². The van der Waals surface area contributed by atoms with Crippen molar-refractivity contribution >= 4 is 0 Å². The van der Waals surface area contributed by atoms with Crippen LogP contribution in [0.2, 0.25) is 0 Å². The van der Waals surface area contributed by atoms with E-state index in [2.05, 4.69) is 31.9 Å². The summed E-state index contributed by atoms with van der Waals surface area (Å²) in [6.45, 7) is 7.24. The van der Waals surface area contributed by atoms with Crippen LogP contribution in [-0.4, -0.2) is 37.7 Å². The van der Waals surface area contributed by atoms with E-state index in [1.807, 2.05) is 0 Å². The molecule has 1 aliphatic rings. The van der Waals surface area contributed by atoms with Crippen LogP contribution in [0.15, 0.2) is 11.6 Å². The van der Waals surface area contributed by atoms with E-state index in [-0.39, 0.29) is 0 Å². The Balaban J connectivity index is 2.24. The van der Waals surface area contributed by atoms with Gasteiger partial charge in [0.05, 0.1) is 12.7 Å². The Bertz CT molecular complexity index is 163. The average Bonchev–Trinajstić information content (AvgIpc) is 2.03. The monoisotopic (exact) mass is 169 g/mol. The lowest BCUT2D eigenvalue weighted by molar-refractivity contribution is 0.0938. The molecule has 0 bridgehead atoms. The number of hydrogen-bond acceptors (Lipinski definition) is 2. The second-order valence-corrected chi connectivity index (χ2v) is 3.73. The molecule has 0 unspecified atom stereocenters. The van der Waals surface area contributed by atoms with E-state index in [0.29, 0.717) is 6.10 Å². The summed E-state index contributed by atoms with van der Waals surface area (Å²) in [5.41, 5.74) is 1.46. The van der Waals surface area contributed by atoms with Crippen molar-refractivity contribution in [2.75, 3.05) is 26.7 Å². The van der Waals surface area contributed by atoms with Gasteiger partial charge in [0.15, 0.2) is 0 Å².